The lowest BCUT2D eigenvalue weighted by Crippen LogP contribution is -2.41. The van der Waals surface area contributed by atoms with Crippen LogP contribution in [0.3, 0.4) is 0 Å². The number of amides is 2. The van der Waals surface area contributed by atoms with Crippen LogP contribution in [0.1, 0.15) is 27.6 Å². The van der Waals surface area contributed by atoms with E-state index in [0.717, 1.165) is 5.69 Å². The number of hydrazine groups is 1. The number of hydrogen-bond acceptors (Lipinski definition) is 5. The molecule has 0 fully saturated rings. The average molecular weight is 427 g/mol. The maximum Gasteiger partial charge on any atom is 0.273 e. The van der Waals surface area contributed by atoms with Gasteiger partial charge in [-0.15, -0.1) is 0 Å². The number of para-hydroxylation sites is 1. The summed E-state index contributed by atoms with van der Waals surface area (Å²) in [5.41, 5.74) is 7.54. The zero-order valence-corrected chi connectivity index (χ0v) is 17.4. The first-order valence-electron chi connectivity index (χ1n) is 10.0. The molecule has 0 radical (unpaired) electrons. The second-order valence-corrected chi connectivity index (χ2v) is 6.78. The standard InChI is InChI=1S/C24H21N5O3/c1-2-32-20-12-10-17(11-13-20)23(30)26-27-24(31)21-16-29(19-8-4-3-5-9-19)28-22(21)18-7-6-14-25-15-18/h3-16H,2H2,1H3,(H,26,30)(H,27,31). The van der Waals surface area contributed by atoms with Crippen LogP contribution < -0.4 is 15.6 Å². The molecule has 2 heterocycles. The minimum absolute atomic E-state index is 0.300. The lowest BCUT2D eigenvalue weighted by molar-refractivity contribution is 0.0847. The van der Waals surface area contributed by atoms with Crippen molar-refractivity contribution in [2.75, 3.05) is 6.61 Å². The highest BCUT2D eigenvalue weighted by molar-refractivity contribution is 6.02. The van der Waals surface area contributed by atoms with Gasteiger partial charge in [-0.1, -0.05) is 18.2 Å². The van der Waals surface area contributed by atoms with Crippen LogP contribution >= 0.6 is 0 Å². The van der Waals surface area contributed by atoms with Gasteiger partial charge in [0, 0.05) is 29.7 Å². The van der Waals surface area contributed by atoms with Crippen LogP contribution in [-0.2, 0) is 0 Å². The summed E-state index contributed by atoms with van der Waals surface area (Å²) < 4.78 is 6.99. The molecule has 4 aromatic rings. The molecule has 0 aliphatic heterocycles. The molecule has 0 saturated carbocycles. The van der Waals surface area contributed by atoms with Gasteiger partial charge in [0.2, 0.25) is 0 Å². The smallest absolute Gasteiger partial charge is 0.273 e. The normalized spacial score (nSPS) is 10.4. The third-order valence-corrected chi connectivity index (χ3v) is 4.63. The van der Waals surface area contributed by atoms with E-state index in [1.54, 1.807) is 53.6 Å². The van der Waals surface area contributed by atoms with Crippen LogP contribution in [-0.4, -0.2) is 33.2 Å². The number of ether oxygens (including phenoxy) is 1. The summed E-state index contributed by atoms with van der Waals surface area (Å²) in [5.74, 6) is -0.271. The Bertz CT molecular complexity index is 1210. The summed E-state index contributed by atoms with van der Waals surface area (Å²) in [7, 11) is 0. The Labute approximate surface area is 184 Å². The number of carbonyl (C=O) groups is 2. The quantitative estimate of drug-likeness (QED) is 0.460. The highest BCUT2D eigenvalue weighted by Crippen LogP contribution is 2.23. The van der Waals surface area contributed by atoms with Crippen LogP contribution in [0.15, 0.2) is 85.3 Å². The predicted octanol–water partition coefficient (Wildman–Crippen LogP) is 3.41. The van der Waals surface area contributed by atoms with E-state index in [1.165, 1.54) is 0 Å². The van der Waals surface area contributed by atoms with Crippen molar-refractivity contribution < 1.29 is 14.3 Å². The molecular formula is C24H21N5O3. The molecule has 0 unspecified atom stereocenters. The first-order valence-corrected chi connectivity index (χ1v) is 10.0. The second-order valence-electron chi connectivity index (χ2n) is 6.78. The van der Waals surface area contributed by atoms with Gasteiger partial charge in [-0.25, -0.2) is 4.68 Å². The number of benzene rings is 2. The largest absolute Gasteiger partial charge is 0.494 e. The van der Waals surface area contributed by atoms with Crippen LogP contribution in [0.2, 0.25) is 0 Å². The number of nitrogens with one attached hydrogen (secondary N) is 2. The summed E-state index contributed by atoms with van der Waals surface area (Å²) >= 11 is 0. The third-order valence-electron chi connectivity index (χ3n) is 4.63. The molecule has 8 nitrogen and oxygen atoms in total. The van der Waals surface area contributed by atoms with Crippen molar-refractivity contribution in [1.82, 2.24) is 25.6 Å². The molecule has 2 aromatic heterocycles. The highest BCUT2D eigenvalue weighted by Gasteiger charge is 2.19. The molecule has 2 aromatic carbocycles. The van der Waals surface area contributed by atoms with E-state index in [2.05, 4.69) is 20.9 Å². The van der Waals surface area contributed by atoms with E-state index in [9.17, 15) is 9.59 Å². The molecule has 8 heteroatoms. The minimum atomic E-state index is -0.495. The SMILES string of the molecule is CCOc1ccc(C(=O)NNC(=O)c2cn(-c3ccccc3)nc2-c2cccnc2)cc1. The molecule has 0 spiro atoms. The topological polar surface area (TPSA) is 98.1 Å². The summed E-state index contributed by atoms with van der Waals surface area (Å²) in [6.07, 6.45) is 4.90. The van der Waals surface area contributed by atoms with Gasteiger partial charge < -0.3 is 4.74 Å². The van der Waals surface area contributed by atoms with Gasteiger partial charge in [-0.05, 0) is 55.5 Å². The van der Waals surface area contributed by atoms with Gasteiger partial charge in [0.15, 0.2) is 0 Å². The fraction of sp³-hybridized carbons (Fsp3) is 0.0833. The van der Waals surface area contributed by atoms with Crippen molar-refractivity contribution in [1.29, 1.82) is 0 Å². The van der Waals surface area contributed by atoms with Gasteiger partial charge in [0.1, 0.15) is 11.4 Å². The molecule has 0 bridgehead atoms. The Kier molecular flexibility index (Phi) is 6.22. The minimum Gasteiger partial charge on any atom is -0.494 e. The molecule has 4 rings (SSSR count). The summed E-state index contributed by atoms with van der Waals surface area (Å²) in [6, 6.07) is 19.7. The number of pyridine rings is 1. The van der Waals surface area contributed by atoms with Gasteiger partial charge in [-0.2, -0.15) is 5.10 Å². The van der Waals surface area contributed by atoms with Gasteiger partial charge >= 0.3 is 0 Å². The third kappa shape index (κ3) is 4.65. The lowest BCUT2D eigenvalue weighted by Gasteiger charge is -2.08. The number of hydrogen-bond donors (Lipinski definition) is 2. The molecule has 0 aliphatic rings. The molecule has 0 aliphatic carbocycles. The summed E-state index contributed by atoms with van der Waals surface area (Å²) in [6.45, 7) is 2.42. The number of rotatable bonds is 6. The molecule has 2 N–H and O–H groups in total. The fourth-order valence-electron chi connectivity index (χ4n) is 3.09. The monoisotopic (exact) mass is 427 g/mol. The van der Waals surface area contributed by atoms with Crippen molar-refractivity contribution >= 4 is 11.8 Å². The van der Waals surface area contributed by atoms with Crippen molar-refractivity contribution in [2.24, 2.45) is 0 Å². The van der Waals surface area contributed by atoms with Crippen LogP contribution in [0.5, 0.6) is 5.75 Å². The zero-order chi connectivity index (χ0) is 22.3. The Hall–Kier alpha value is -4.46. The fourth-order valence-corrected chi connectivity index (χ4v) is 3.09. The predicted molar refractivity (Wildman–Crippen MR) is 119 cm³/mol. The van der Waals surface area contributed by atoms with Gasteiger partial charge in [-0.3, -0.25) is 25.4 Å². The van der Waals surface area contributed by atoms with E-state index in [0.29, 0.717) is 34.7 Å². The molecule has 160 valence electrons. The summed E-state index contributed by atoms with van der Waals surface area (Å²) in [4.78, 5) is 29.5. The van der Waals surface area contributed by atoms with Crippen molar-refractivity contribution in [3.05, 3.63) is 96.4 Å². The summed E-state index contributed by atoms with van der Waals surface area (Å²) in [5, 5.41) is 4.57. The Balaban J connectivity index is 1.54. The average Bonchev–Trinajstić information content (AvgIpc) is 3.30. The number of carbonyl (C=O) groups excluding carboxylic acids is 2. The van der Waals surface area contributed by atoms with Crippen LogP contribution in [0, 0.1) is 0 Å². The zero-order valence-electron chi connectivity index (χ0n) is 17.4. The maximum absolute atomic E-state index is 12.9. The number of nitrogens with zero attached hydrogens (tertiary/aromatic N) is 3. The molecule has 32 heavy (non-hydrogen) atoms. The molecule has 2 amide bonds. The van der Waals surface area contributed by atoms with Crippen molar-refractivity contribution in [3.8, 4) is 22.7 Å². The van der Waals surface area contributed by atoms with Crippen LogP contribution in [0.4, 0.5) is 0 Å². The van der Waals surface area contributed by atoms with Crippen molar-refractivity contribution in [2.45, 2.75) is 6.92 Å². The lowest BCUT2D eigenvalue weighted by atomic mass is 10.1. The van der Waals surface area contributed by atoms with Gasteiger partial charge in [0.05, 0.1) is 17.9 Å². The van der Waals surface area contributed by atoms with E-state index in [-0.39, 0.29) is 0 Å². The van der Waals surface area contributed by atoms with E-state index in [1.807, 2.05) is 43.3 Å². The number of aromatic nitrogens is 3. The van der Waals surface area contributed by atoms with E-state index < -0.39 is 11.8 Å². The Morgan fingerprint density at radius 3 is 2.38 bits per heavy atom. The molecule has 0 atom stereocenters. The highest BCUT2D eigenvalue weighted by atomic mass is 16.5. The molecular weight excluding hydrogens is 406 g/mol. The maximum atomic E-state index is 12.9. The van der Waals surface area contributed by atoms with E-state index in [4.69, 9.17) is 4.74 Å². The van der Waals surface area contributed by atoms with Crippen LogP contribution in [0.25, 0.3) is 16.9 Å². The van der Waals surface area contributed by atoms with Gasteiger partial charge in [0.25, 0.3) is 11.8 Å². The van der Waals surface area contributed by atoms with Crippen molar-refractivity contribution in [3.63, 3.8) is 0 Å². The molecule has 0 saturated heterocycles. The van der Waals surface area contributed by atoms with E-state index >= 15 is 0 Å². The Morgan fingerprint density at radius 2 is 1.69 bits per heavy atom. The first kappa shape index (κ1) is 20.8. The first-order chi connectivity index (χ1) is 15.7. The Morgan fingerprint density at radius 1 is 0.938 bits per heavy atom. The second kappa shape index (κ2) is 9.57.